The third-order valence-corrected chi connectivity index (χ3v) is 8.00. The lowest BCUT2D eigenvalue weighted by atomic mass is 9.72. The van der Waals surface area contributed by atoms with E-state index in [9.17, 15) is 9.59 Å². The van der Waals surface area contributed by atoms with Crippen LogP contribution in [0, 0.1) is 11.3 Å². The Hall–Kier alpha value is -2.37. The number of rotatable bonds is 5. The van der Waals surface area contributed by atoms with E-state index in [-0.39, 0.29) is 17.7 Å². The number of ether oxygens (including phenoxy) is 1. The molecule has 5 rings (SSSR count). The molecular formula is C27H31ClN2O3. The summed E-state index contributed by atoms with van der Waals surface area (Å²) < 4.78 is 5.28. The lowest BCUT2D eigenvalue weighted by Gasteiger charge is -2.42. The number of halogens is 1. The average Bonchev–Trinajstić information content (AvgIpc) is 3.64. The molecule has 5 nitrogen and oxygen atoms in total. The maximum absolute atomic E-state index is 13.7. The van der Waals surface area contributed by atoms with E-state index in [1.54, 1.807) is 7.11 Å². The van der Waals surface area contributed by atoms with Gasteiger partial charge in [-0.3, -0.25) is 9.59 Å². The summed E-state index contributed by atoms with van der Waals surface area (Å²) in [5, 5.41) is 0.720. The Labute approximate surface area is 200 Å². The van der Waals surface area contributed by atoms with Crippen LogP contribution < -0.4 is 0 Å². The number of carbonyl (C=O) groups is 2. The van der Waals surface area contributed by atoms with Crippen LogP contribution in [0.25, 0.3) is 0 Å². The highest BCUT2D eigenvalue weighted by Gasteiger charge is 2.50. The van der Waals surface area contributed by atoms with E-state index in [0.29, 0.717) is 51.5 Å². The monoisotopic (exact) mass is 466 g/mol. The second kappa shape index (κ2) is 9.11. The zero-order valence-corrected chi connectivity index (χ0v) is 19.9. The van der Waals surface area contributed by atoms with Crippen molar-refractivity contribution in [2.24, 2.45) is 11.3 Å². The van der Waals surface area contributed by atoms with Crippen molar-refractivity contribution in [3.05, 3.63) is 70.2 Å². The van der Waals surface area contributed by atoms with Gasteiger partial charge in [0.2, 0.25) is 11.8 Å². The van der Waals surface area contributed by atoms with Crippen molar-refractivity contribution in [2.75, 3.05) is 33.4 Å². The van der Waals surface area contributed by atoms with Crippen molar-refractivity contribution in [3.8, 4) is 0 Å². The standard InChI is InChI=1S/C27H31ClN2O3/c1-33-15-14-30-18-21-5-3-2-4-20(21)17-27(26(30)32)10-12-29(13-11-27)25(31)24-16-23(24)19-6-8-22(28)9-7-19/h2-9,23-24H,10-18H2,1H3. The molecule has 2 heterocycles. The van der Waals surface area contributed by atoms with Crippen LogP contribution >= 0.6 is 11.6 Å². The summed E-state index contributed by atoms with van der Waals surface area (Å²) in [6.45, 7) is 3.05. The van der Waals surface area contributed by atoms with Gasteiger partial charge in [-0.2, -0.15) is 0 Å². The molecule has 0 N–H and O–H groups in total. The summed E-state index contributed by atoms with van der Waals surface area (Å²) in [5.74, 6) is 0.807. The number of likely N-dealkylation sites (tertiary alicyclic amines) is 1. The van der Waals surface area contributed by atoms with Gasteiger partial charge in [0.15, 0.2) is 0 Å². The van der Waals surface area contributed by atoms with Crippen LogP contribution in [0.5, 0.6) is 0 Å². The molecule has 174 valence electrons. The third kappa shape index (κ3) is 4.41. The minimum absolute atomic E-state index is 0.0592. The van der Waals surface area contributed by atoms with Gasteiger partial charge < -0.3 is 14.5 Å². The Balaban J connectivity index is 1.28. The molecule has 33 heavy (non-hydrogen) atoms. The molecule has 2 aliphatic heterocycles. The van der Waals surface area contributed by atoms with Crippen molar-refractivity contribution in [1.82, 2.24) is 9.80 Å². The van der Waals surface area contributed by atoms with Crippen LogP contribution in [0.1, 0.15) is 41.9 Å². The molecule has 1 spiro atoms. The lowest BCUT2D eigenvalue weighted by Crippen LogP contribution is -2.52. The summed E-state index contributed by atoms with van der Waals surface area (Å²) in [6, 6.07) is 16.2. The minimum atomic E-state index is -0.434. The van der Waals surface area contributed by atoms with Crippen LogP contribution in [-0.4, -0.2) is 55.0 Å². The zero-order chi connectivity index (χ0) is 23.0. The predicted octanol–water partition coefficient (Wildman–Crippen LogP) is 4.28. The molecule has 0 aromatic heterocycles. The van der Waals surface area contributed by atoms with Gasteiger partial charge in [0.1, 0.15) is 0 Å². The molecule has 2 fully saturated rings. The second-order valence-electron chi connectivity index (χ2n) is 9.77. The van der Waals surface area contributed by atoms with E-state index in [1.807, 2.05) is 40.1 Å². The fourth-order valence-electron chi connectivity index (χ4n) is 5.65. The Morgan fingerprint density at radius 2 is 1.79 bits per heavy atom. The van der Waals surface area contributed by atoms with Crippen LogP contribution in [0.2, 0.25) is 5.02 Å². The van der Waals surface area contributed by atoms with Crippen molar-refractivity contribution >= 4 is 23.4 Å². The van der Waals surface area contributed by atoms with Crippen LogP contribution in [0.3, 0.4) is 0 Å². The highest BCUT2D eigenvalue weighted by Crippen LogP contribution is 2.49. The van der Waals surface area contributed by atoms with Crippen molar-refractivity contribution in [2.45, 2.75) is 38.1 Å². The predicted molar refractivity (Wildman–Crippen MR) is 128 cm³/mol. The fraction of sp³-hybridized carbons (Fsp3) is 0.481. The Morgan fingerprint density at radius 1 is 1.09 bits per heavy atom. The zero-order valence-electron chi connectivity index (χ0n) is 19.1. The van der Waals surface area contributed by atoms with Gasteiger partial charge in [0.05, 0.1) is 12.0 Å². The SMILES string of the molecule is COCCN1Cc2ccccc2CC2(CCN(C(=O)C3CC3c3ccc(Cl)cc3)CC2)C1=O. The Bertz CT molecular complexity index is 1030. The largest absolute Gasteiger partial charge is 0.383 e. The lowest BCUT2D eigenvalue weighted by molar-refractivity contribution is -0.149. The van der Waals surface area contributed by atoms with Crippen LogP contribution in [0.15, 0.2) is 48.5 Å². The number of nitrogens with zero attached hydrogens (tertiary/aromatic N) is 2. The average molecular weight is 467 g/mol. The van der Waals surface area contributed by atoms with E-state index < -0.39 is 5.41 Å². The van der Waals surface area contributed by atoms with E-state index in [0.717, 1.165) is 17.9 Å². The molecule has 2 amide bonds. The number of methoxy groups -OCH3 is 1. The maximum atomic E-state index is 13.7. The summed E-state index contributed by atoms with van der Waals surface area (Å²) >= 11 is 6.01. The van der Waals surface area contributed by atoms with Crippen molar-refractivity contribution < 1.29 is 14.3 Å². The number of carbonyl (C=O) groups excluding carboxylic acids is 2. The number of fused-ring (bicyclic) bond motifs is 1. The molecule has 0 radical (unpaired) electrons. The van der Waals surface area contributed by atoms with E-state index in [2.05, 4.69) is 18.2 Å². The number of hydrogen-bond acceptors (Lipinski definition) is 3. The molecule has 2 unspecified atom stereocenters. The van der Waals surface area contributed by atoms with Crippen molar-refractivity contribution in [3.63, 3.8) is 0 Å². The third-order valence-electron chi connectivity index (χ3n) is 7.75. The topological polar surface area (TPSA) is 49.9 Å². The first-order chi connectivity index (χ1) is 16.0. The summed E-state index contributed by atoms with van der Waals surface area (Å²) in [6.07, 6.45) is 3.09. The Morgan fingerprint density at radius 3 is 2.48 bits per heavy atom. The molecule has 1 saturated heterocycles. The summed E-state index contributed by atoms with van der Waals surface area (Å²) in [4.78, 5) is 30.9. The highest BCUT2D eigenvalue weighted by atomic mass is 35.5. The smallest absolute Gasteiger partial charge is 0.229 e. The molecule has 0 bridgehead atoms. The van der Waals surface area contributed by atoms with Crippen LogP contribution in [0.4, 0.5) is 0 Å². The molecule has 1 saturated carbocycles. The summed E-state index contributed by atoms with van der Waals surface area (Å²) in [7, 11) is 1.67. The Kier molecular flexibility index (Phi) is 6.19. The number of amides is 2. The number of piperidine rings is 1. The summed E-state index contributed by atoms with van der Waals surface area (Å²) in [5.41, 5.74) is 3.24. The van der Waals surface area contributed by atoms with Crippen LogP contribution in [-0.2, 0) is 27.3 Å². The van der Waals surface area contributed by atoms with E-state index in [4.69, 9.17) is 16.3 Å². The quantitative estimate of drug-likeness (QED) is 0.660. The van der Waals surface area contributed by atoms with Gasteiger partial charge >= 0.3 is 0 Å². The first-order valence-corrected chi connectivity index (χ1v) is 12.3. The van der Waals surface area contributed by atoms with Crippen molar-refractivity contribution in [1.29, 1.82) is 0 Å². The van der Waals surface area contributed by atoms with Gasteiger partial charge in [-0.15, -0.1) is 0 Å². The molecule has 2 aromatic rings. The fourth-order valence-corrected chi connectivity index (χ4v) is 5.77. The van der Waals surface area contributed by atoms with Gasteiger partial charge in [-0.05, 0) is 60.4 Å². The van der Waals surface area contributed by atoms with E-state index >= 15 is 0 Å². The van der Waals surface area contributed by atoms with Gasteiger partial charge in [-0.25, -0.2) is 0 Å². The molecular weight excluding hydrogens is 436 g/mol. The normalized spacial score (nSPS) is 23.9. The number of hydrogen-bond donors (Lipinski definition) is 0. The van der Waals surface area contributed by atoms with E-state index in [1.165, 1.54) is 16.7 Å². The molecule has 1 aliphatic carbocycles. The first kappa shape index (κ1) is 22.4. The van der Waals surface area contributed by atoms with Gasteiger partial charge in [-0.1, -0.05) is 48.0 Å². The molecule has 2 aromatic carbocycles. The minimum Gasteiger partial charge on any atom is -0.383 e. The molecule has 3 aliphatic rings. The number of benzene rings is 2. The second-order valence-corrected chi connectivity index (χ2v) is 10.2. The maximum Gasteiger partial charge on any atom is 0.229 e. The highest BCUT2D eigenvalue weighted by molar-refractivity contribution is 6.30. The first-order valence-electron chi connectivity index (χ1n) is 11.9. The van der Waals surface area contributed by atoms with Gasteiger partial charge in [0.25, 0.3) is 0 Å². The molecule has 6 heteroatoms. The molecule has 2 atom stereocenters. The van der Waals surface area contributed by atoms with Gasteiger partial charge in [0, 0.05) is 44.2 Å².